The van der Waals surface area contributed by atoms with Gasteiger partial charge in [0, 0.05) is 5.02 Å². The second kappa shape index (κ2) is 3.08. The molecule has 0 atom stereocenters. The largest absolute Gasteiger partial charge is 0.457 e. The average molecular weight is 174 g/mol. The molecule has 0 aromatic heterocycles. The van der Waals surface area contributed by atoms with Gasteiger partial charge in [-0.15, -0.1) is 4.90 Å². The number of hydrogen-bond acceptors (Lipinski definition) is 2. The molecule has 0 heterocycles. The summed E-state index contributed by atoms with van der Waals surface area (Å²) in [4.78, 5) is 0.699. The molecule has 0 aliphatic rings. The van der Waals surface area contributed by atoms with E-state index in [1.54, 1.807) is 24.3 Å². The first-order valence-electron chi connectivity index (χ1n) is 2.67. The van der Waals surface area contributed by atoms with Crippen LogP contribution in [0.2, 0.25) is 5.02 Å². The standard InChI is InChI=1S/C7H6ClOS/c1-10(9)7-4-2-6(8)3-5-7/h2-5H,1H2/q-1. The van der Waals surface area contributed by atoms with Crippen molar-refractivity contribution in [2.24, 2.45) is 0 Å². The highest BCUT2D eigenvalue weighted by molar-refractivity contribution is 7.82. The average Bonchev–Trinajstić information content (AvgIpc) is 1.88. The van der Waals surface area contributed by atoms with Gasteiger partial charge in [0.25, 0.3) is 0 Å². The number of rotatable bonds is 1. The zero-order valence-corrected chi connectivity index (χ0v) is 6.78. The van der Waals surface area contributed by atoms with Crippen LogP contribution < -0.4 is 0 Å². The molecule has 1 nitrogen and oxygen atoms in total. The summed E-state index contributed by atoms with van der Waals surface area (Å²) in [7, 11) is -1.15. The predicted molar refractivity (Wildman–Crippen MR) is 44.9 cm³/mol. The molecule has 0 saturated carbocycles. The summed E-state index contributed by atoms with van der Waals surface area (Å²) in [5.41, 5.74) is 0. The van der Waals surface area contributed by atoms with E-state index in [-0.39, 0.29) is 0 Å². The van der Waals surface area contributed by atoms with Crippen molar-refractivity contribution >= 4 is 27.9 Å². The maximum atomic E-state index is 10.7. The monoisotopic (exact) mass is 173 g/mol. The highest BCUT2D eigenvalue weighted by Crippen LogP contribution is 2.09. The molecule has 0 aliphatic carbocycles. The van der Waals surface area contributed by atoms with E-state index in [4.69, 9.17) is 11.6 Å². The lowest BCUT2D eigenvalue weighted by Gasteiger charge is -2.00. The van der Waals surface area contributed by atoms with Crippen LogP contribution in [-0.4, -0.2) is 5.87 Å². The third kappa shape index (κ3) is 1.75. The first-order valence-corrected chi connectivity index (χ1v) is 4.37. The fraction of sp³-hybridized carbons (Fsp3) is 0. The number of benzene rings is 1. The summed E-state index contributed by atoms with van der Waals surface area (Å²) in [6.45, 7) is 0. The molecule has 0 saturated heterocycles. The molecule has 1 rings (SSSR count). The molecule has 1 aromatic rings. The minimum Gasteiger partial charge on any atom is -0.457 e. The van der Waals surface area contributed by atoms with Gasteiger partial charge in [-0.25, -0.2) is 0 Å². The van der Waals surface area contributed by atoms with Crippen LogP contribution in [0.4, 0.5) is 0 Å². The van der Waals surface area contributed by atoms with Crippen LogP contribution >= 0.6 is 11.6 Å². The minimum absolute atomic E-state index is 0.647. The van der Waals surface area contributed by atoms with E-state index >= 15 is 0 Å². The molecule has 0 fully saturated rings. The zero-order chi connectivity index (χ0) is 7.56. The maximum Gasteiger partial charge on any atom is 0.0404 e. The van der Waals surface area contributed by atoms with Gasteiger partial charge < -0.3 is 4.21 Å². The van der Waals surface area contributed by atoms with Gasteiger partial charge in [0.15, 0.2) is 0 Å². The Morgan fingerprint density at radius 3 is 2.20 bits per heavy atom. The van der Waals surface area contributed by atoms with Crippen LogP contribution in [0.1, 0.15) is 0 Å². The Labute approximate surface area is 66.7 Å². The molecule has 54 valence electrons. The van der Waals surface area contributed by atoms with Crippen molar-refractivity contribution in [3.63, 3.8) is 0 Å². The molecule has 0 bridgehead atoms. The Morgan fingerprint density at radius 2 is 1.80 bits per heavy atom. The molecule has 0 amide bonds. The third-order valence-electron chi connectivity index (χ3n) is 1.08. The van der Waals surface area contributed by atoms with Crippen LogP contribution in [0.15, 0.2) is 29.2 Å². The molecule has 3 heteroatoms. The quantitative estimate of drug-likeness (QED) is 0.470. The second-order valence-electron chi connectivity index (χ2n) is 1.80. The summed E-state index contributed by atoms with van der Waals surface area (Å²) in [5, 5.41) is 0.647. The third-order valence-corrected chi connectivity index (χ3v) is 2.13. The molecular weight excluding hydrogens is 168 g/mol. The van der Waals surface area contributed by atoms with E-state index in [2.05, 4.69) is 5.87 Å². The smallest absolute Gasteiger partial charge is 0.0404 e. The molecule has 0 unspecified atom stereocenters. The van der Waals surface area contributed by atoms with Gasteiger partial charge in [-0.3, -0.25) is 10.4 Å². The molecule has 0 radical (unpaired) electrons. The topological polar surface area (TPSA) is 17.1 Å². The first kappa shape index (κ1) is 7.63. The van der Waals surface area contributed by atoms with Crippen LogP contribution in [0, 0.1) is 0 Å². The second-order valence-corrected chi connectivity index (χ2v) is 3.40. The number of hydrogen-bond donors (Lipinski definition) is 0. The van der Waals surface area contributed by atoms with Crippen molar-refractivity contribution in [3.05, 3.63) is 29.3 Å². The van der Waals surface area contributed by atoms with Crippen molar-refractivity contribution in [2.45, 2.75) is 4.90 Å². The Hall–Kier alpha value is -0.470. The lowest BCUT2D eigenvalue weighted by atomic mass is 10.4. The van der Waals surface area contributed by atoms with Crippen molar-refractivity contribution < 1.29 is 4.21 Å². The van der Waals surface area contributed by atoms with Crippen molar-refractivity contribution in [1.29, 1.82) is 0 Å². The van der Waals surface area contributed by atoms with Crippen molar-refractivity contribution in [1.82, 2.24) is 0 Å². The van der Waals surface area contributed by atoms with Crippen molar-refractivity contribution in [3.8, 4) is 0 Å². The number of halogens is 1. The summed E-state index contributed by atoms with van der Waals surface area (Å²) in [5.74, 6) is 3.37. The molecule has 10 heavy (non-hydrogen) atoms. The first-order chi connectivity index (χ1) is 4.70. The minimum atomic E-state index is -1.15. The Bertz CT molecular complexity index is 279. The summed E-state index contributed by atoms with van der Waals surface area (Å²) in [6, 6.07) is 6.79. The van der Waals surface area contributed by atoms with Gasteiger partial charge >= 0.3 is 0 Å². The van der Waals surface area contributed by atoms with Crippen LogP contribution in [0.25, 0.3) is 0 Å². The van der Waals surface area contributed by atoms with E-state index in [1.807, 2.05) is 0 Å². The summed E-state index contributed by atoms with van der Waals surface area (Å²) < 4.78 is 10.7. The zero-order valence-electron chi connectivity index (χ0n) is 5.21. The van der Waals surface area contributed by atoms with E-state index < -0.39 is 10.4 Å². The van der Waals surface area contributed by atoms with E-state index in [1.165, 1.54) is 0 Å². The van der Waals surface area contributed by atoms with Gasteiger partial charge in [0.05, 0.1) is 0 Å². The van der Waals surface area contributed by atoms with Gasteiger partial charge in [0.1, 0.15) is 0 Å². The Morgan fingerprint density at radius 1 is 1.30 bits per heavy atom. The SMILES string of the molecule is C=[S-](=O)c1ccc(Cl)cc1. The molecule has 0 aliphatic heterocycles. The van der Waals surface area contributed by atoms with Crippen LogP contribution in [0.3, 0.4) is 0 Å². The lowest BCUT2D eigenvalue weighted by Crippen LogP contribution is -1.75. The Kier molecular flexibility index (Phi) is 2.35. The molecule has 0 spiro atoms. The van der Waals surface area contributed by atoms with E-state index in [0.29, 0.717) is 9.92 Å². The highest BCUT2D eigenvalue weighted by atomic mass is 35.5. The Balaban J connectivity index is 3.12. The van der Waals surface area contributed by atoms with Crippen LogP contribution in [-0.2, 0) is 14.6 Å². The fourth-order valence-corrected chi connectivity index (χ4v) is 1.15. The highest BCUT2D eigenvalue weighted by Gasteiger charge is 1.81. The van der Waals surface area contributed by atoms with E-state index in [0.717, 1.165) is 0 Å². The molecular formula is C7H6ClOS-. The fourth-order valence-electron chi connectivity index (χ4n) is 0.586. The van der Waals surface area contributed by atoms with E-state index in [9.17, 15) is 4.21 Å². The van der Waals surface area contributed by atoms with Crippen molar-refractivity contribution in [2.75, 3.05) is 0 Å². The molecule has 1 aromatic carbocycles. The maximum absolute atomic E-state index is 10.7. The van der Waals surface area contributed by atoms with Gasteiger partial charge in [-0.1, -0.05) is 23.7 Å². The normalized spacial score (nSPS) is 10.2. The lowest BCUT2D eigenvalue weighted by molar-refractivity contribution is 0.603. The molecule has 0 N–H and O–H groups in total. The van der Waals surface area contributed by atoms with Gasteiger partial charge in [-0.2, -0.15) is 5.87 Å². The summed E-state index contributed by atoms with van der Waals surface area (Å²) in [6.07, 6.45) is 0. The van der Waals surface area contributed by atoms with Gasteiger partial charge in [-0.05, 0) is 12.1 Å². The van der Waals surface area contributed by atoms with Crippen LogP contribution in [0.5, 0.6) is 0 Å². The summed E-state index contributed by atoms with van der Waals surface area (Å²) >= 11 is 5.60. The predicted octanol–water partition coefficient (Wildman–Crippen LogP) is 2.09. The van der Waals surface area contributed by atoms with Gasteiger partial charge in [0.2, 0.25) is 0 Å².